The molecule has 1 rings (SSSR count). The van der Waals surface area contributed by atoms with Gasteiger partial charge in [-0.2, -0.15) is 0 Å². The van der Waals surface area contributed by atoms with Crippen LogP contribution in [-0.4, -0.2) is 68.1 Å². The Labute approximate surface area is 111 Å². The van der Waals surface area contributed by atoms with Gasteiger partial charge in [0.25, 0.3) is 0 Å². The monoisotopic (exact) mass is 256 g/mol. The maximum Gasteiger partial charge on any atom is 0.234 e. The van der Waals surface area contributed by atoms with Gasteiger partial charge < -0.3 is 16.0 Å². The Morgan fingerprint density at radius 2 is 1.94 bits per heavy atom. The lowest BCUT2D eigenvalue weighted by Crippen LogP contribution is -2.39. The van der Waals surface area contributed by atoms with Gasteiger partial charge in [-0.05, 0) is 45.4 Å². The molecule has 0 bridgehead atoms. The number of nitrogens with one attached hydrogen (secondary N) is 1. The highest BCUT2D eigenvalue weighted by atomic mass is 16.2. The minimum absolute atomic E-state index is 0.159. The van der Waals surface area contributed by atoms with Crippen molar-refractivity contribution in [3.05, 3.63) is 0 Å². The SMILES string of the molecule is CCCNC(=O)CN1CCCN(CCCN)CC1. The lowest BCUT2D eigenvalue weighted by molar-refractivity contribution is -0.122. The quantitative estimate of drug-likeness (QED) is 0.666. The molecule has 1 saturated heterocycles. The summed E-state index contributed by atoms with van der Waals surface area (Å²) in [5, 5.41) is 2.93. The predicted molar refractivity (Wildman–Crippen MR) is 74.5 cm³/mol. The van der Waals surface area contributed by atoms with Gasteiger partial charge in [-0.15, -0.1) is 0 Å². The van der Waals surface area contributed by atoms with Crippen molar-refractivity contribution in [3.63, 3.8) is 0 Å². The van der Waals surface area contributed by atoms with E-state index in [4.69, 9.17) is 5.73 Å². The van der Waals surface area contributed by atoms with E-state index in [1.165, 1.54) is 0 Å². The average Bonchev–Trinajstić information content (AvgIpc) is 2.59. The molecule has 0 aliphatic carbocycles. The largest absolute Gasteiger partial charge is 0.355 e. The zero-order valence-electron chi connectivity index (χ0n) is 11.7. The molecule has 0 unspecified atom stereocenters. The predicted octanol–water partition coefficient (Wildman–Crippen LogP) is -0.131. The first-order chi connectivity index (χ1) is 8.76. The van der Waals surface area contributed by atoms with Crippen molar-refractivity contribution < 1.29 is 4.79 Å². The number of carbonyl (C=O) groups is 1. The van der Waals surface area contributed by atoms with E-state index < -0.39 is 0 Å². The van der Waals surface area contributed by atoms with Gasteiger partial charge in [-0.3, -0.25) is 9.69 Å². The van der Waals surface area contributed by atoms with Gasteiger partial charge in [0, 0.05) is 19.6 Å². The zero-order valence-corrected chi connectivity index (χ0v) is 11.7. The lowest BCUT2D eigenvalue weighted by atomic mass is 10.3. The summed E-state index contributed by atoms with van der Waals surface area (Å²) in [4.78, 5) is 16.4. The van der Waals surface area contributed by atoms with E-state index in [0.29, 0.717) is 6.54 Å². The van der Waals surface area contributed by atoms with Crippen molar-refractivity contribution in [2.24, 2.45) is 5.73 Å². The maximum absolute atomic E-state index is 11.7. The second-order valence-corrected chi connectivity index (χ2v) is 4.96. The van der Waals surface area contributed by atoms with E-state index in [0.717, 1.165) is 65.1 Å². The minimum atomic E-state index is 0.159. The summed E-state index contributed by atoms with van der Waals surface area (Å²) >= 11 is 0. The molecule has 1 fully saturated rings. The van der Waals surface area contributed by atoms with Gasteiger partial charge in [0.05, 0.1) is 6.54 Å². The van der Waals surface area contributed by atoms with Crippen LogP contribution >= 0.6 is 0 Å². The van der Waals surface area contributed by atoms with Crippen LogP contribution in [0.4, 0.5) is 0 Å². The zero-order chi connectivity index (χ0) is 13.2. The van der Waals surface area contributed by atoms with E-state index >= 15 is 0 Å². The summed E-state index contributed by atoms with van der Waals surface area (Å²) in [6.45, 7) is 9.46. The van der Waals surface area contributed by atoms with Gasteiger partial charge in [0.1, 0.15) is 0 Å². The van der Waals surface area contributed by atoms with E-state index in [9.17, 15) is 4.79 Å². The third-order valence-electron chi connectivity index (χ3n) is 3.30. The fourth-order valence-corrected chi connectivity index (χ4v) is 2.24. The molecule has 1 aliphatic heterocycles. The summed E-state index contributed by atoms with van der Waals surface area (Å²) in [6.07, 6.45) is 3.21. The third-order valence-corrected chi connectivity index (χ3v) is 3.30. The molecule has 18 heavy (non-hydrogen) atoms. The maximum atomic E-state index is 11.7. The first-order valence-corrected chi connectivity index (χ1v) is 7.17. The molecular formula is C13H28N4O. The molecule has 0 saturated carbocycles. The van der Waals surface area contributed by atoms with Crippen LogP contribution in [-0.2, 0) is 4.79 Å². The third kappa shape index (κ3) is 6.33. The lowest BCUT2D eigenvalue weighted by Gasteiger charge is -2.21. The van der Waals surface area contributed by atoms with E-state index in [1.54, 1.807) is 0 Å². The molecule has 0 aromatic heterocycles. The van der Waals surface area contributed by atoms with Crippen LogP contribution in [0.2, 0.25) is 0 Å². The van der Waals surface area contributed by atoms with Crippen molar-refractivity contribution >= 4 is 5.91 Å². The Morgan fingerprint density at radius 1 is 1.22 bits per heavy atom. The molecule has 0 atom stereocenters. The number of hydrogen-bond acceptors (Lipinski definition) is 4. The minimum Gasteiger partial charge on any atom is -0.355 e. The van der Waals surface area contributed by atoms with Gasteiger partial charge in [0.15, 0.2) is 0 Å². The molecular weight excluding hydrogens is 228 g/mol. The number of hydrogen-bond donors (Lipinski definition) is 2. The molecule has 5 nitrogen and oxygen atoms in total. The standard InChI is InChI=1S/C13H28N4O/c1-2-6-15-13(18)12-17-9-4-8-16(10-11-17)7-3-5-14/h2-12,14H2,1H3,(H,15,18). The van der Waals surface area contributed by atoms with Crippen LogP contribution in [0.5, 0.6) is 0 Å². The van der Waals surface area contributed by atoms with Crippen LogP contribution in [0.25, 0.3) is 0 Å². The van der Waals surface area contributed by atoms with Crippen LogP contribution in [0, 0.1) is 0 Å². The Hall–Kier alpha value is -0.650. The van der Waals surface area contributed by atoms with Crippen LogP contribution in [0.15, 0.2) is 0 Å². The number of rotatable bonds is 7. The van der Waals surface area contributed by atoms with Gasteiger partial charge in [-0.1, -0.05) is 6.92 Å². The highest BCUT2D eigenvalue weighted by Gasteiger charge is 2.16. The topological polar surface area (TPSA) is 61.6 Å². The number of amides is 1. The smallest absolute Gasteiger partial charge is 0.234 e. The molecule has 3 N–H and O–H groups in total. The molecule has 1 aliphatic rings. The van der Waals surface area contributed by atoms with Gasteiger partial charge >= 0.3 is 0 Å². The summed E-state index contributed by atoms with van der Waals surface area (Å²) in [7, 11) is 0. The van der Waals surface area contributed by atoms with E-state index in [1.807, 2.05) is 0 Å². The van der Waals surface area contributed by atoms with E-state index in [-0.39, 0.29) is 5.91 Å². The van der Waals surface area contributed by atoms with Crippen LogP contribution < -0.4 is 11.1 Å². The molecule has 0 aromatic carbocycles. The van der Waals surface area contributed by atoms with Crippen molar-refractivity contribution in [2.75, 3.05) is 52.4 Å². The van der Waals surface area contributed by atoms with Gasteiger partial charge in [0.2, 0.25) is 5.91 Å². The summed E-state index contributed by atoms with van der Waals surface area (Å²) in [5.41, 5.74) is 5.53. The van der Waals surface area contributed by atoms with Crippen molar-refractivity contribution in [1.82, 2.24) is 15.1 Å². The first kappa shape index (κ1) is 15.4. The highest BCUT2D eigenvalue weighted by Crippen LogP contribution is 2.03. The first-order valence-electron chi connectivity index (χ1n) is 7.17. The highest BCUT2D eigenvalue weighted by molar-refractivity contribution is 5.77. The Morgan fingerprint density at radius 3 is 2.67 bits per heavy atom. The Balaban J connectivity index is 2.22. The summed E-state index contributed by atoms with van der Waals surface area (Å²) in [5.74, 6) is 0.159. The van der Waals surface area contributed by atoms with Gasteiger partial charge in [-0.25, -0.2) is 0 Å². The summed E-state index contributed by atoms with van der Waals surface area (Å²) in [6, 6.07) is 0. The fourth-order valence-electron chi connectivity index (χ4n) is 2.24. The van der Waals surface area contributed by atoms with Crippen molar-refractivity contribution in [3.8, 4) is 0 Å². The molecule has 0 spiro atoms. The Bertz CT molecular complexity index is 235. The molecule has 0 aromatic rings. The number of carbonyl (C=O) groups excluding carboxylic acids is 1. The van der Waals surface area contributed by atoms with E-state index in [2.05, 4.69) is 22.0 Å². The molecule has 5 heteroatoms. The normalized spacial score (nSPS) is 18.6. The average molecular weight is 256 g/mol. The molecule has 106 valence electrons. The van der Waals surface area contributed by atoms with Crippen molar-refractivity contribution in [1.29, 1.82) is 0 Å². The number of nitrogens with two attached hydrogens (primary N) is 1. The molecule has 1 amide bonds. The van der Waals surface area contributed by atoms with Crippen LogP contribution in [0.1, 0.15) is 26.2 Å². The summed E-state index contributed by atoms with van der Waals surface area (Å²) < 4.78 is 0. The molecule has 0 radical (unpaired) electrons. The fraction of sp³-hybridized carbons (Fsp3) is 0.923. The second kappa shape index (κ2) is 9.30. The second-order valence-electron chi connectivity index (χ2n) is 4.96. The molecule has 1 heterocycles. The number of nitrogens with zero attached hydrogens (tertiary/aromatic N) is 2. The Kier molecular flexibility index (Phi) is 7.96. The van der Waals surface area contributed by atoms with Crippen molar-refractivity contribution in [2.45, 2.75) is 26.2 Å². The van der Waals surface area contributed by atoms with Crippen LogP contribution in [0.3, 0.4) is 0 Å².